The fourth-order valence-corrected chi connectivity index (χ4v) is 1.91. The van der Waals surface area contributed by atoms with Gasteiger partial charge in [0.05, 0.1) is 27.1 Å². The molecule has 6 nitrogen and oxygen atoms in total. The molecule has 0 saturated carbocycles. The number of benzene rings is 1. The number of allylic oxidation sites excluding steroid dienone is 2. The van der Waals surface area contributed by atoms with Crippen LogP contribution in [-0.2, 0) is 24.9 Å². The molecule has 1 aromatic heterocycles. The van der Waals surface area contributed by atoms with Crippen molar-refractivity contribution in [1.82, 2.24) is 4.98 Å². The summed E-state index contributed by atoms with van der Waals surface area (Å²) in [5.41, 5.74) is 1.52. The van der Waals surface area contributed by atoms with Crippen molar-refractivity contribution in [2.75, 3.05) is 21.3 Å². The van der Waals surface area contributed by atoms with Crippen molar-refractivity contribution < 1.29 is 44.2 Å². The number of methoxy groups -OCH3 is 3. The number of carbonyl (C=O) groups excluding carboxylic acids is 1. The summed E-state index contributed by atoms with van der Waals surface area (Å²) in [7, 11) is 4.83. The first-order chi connectivity index (χ1) is 11.9. The summed E-state index contributed by atoms with van der Waals surface area (Å²) in [5, 5.41) is 8.36. The Kier molecular flexibility index (Phi) is 11.0. The molecule has 26 heavy (non-hydrogen) atoms. The SMILES string of the molecule is CC(=O)/C=C(/C)O.COc1ccnc(-c2[c-]cc(OC)cc2OC)c1.[Ir]. The van der Waals surface area contributed by atoms with E-state index >= 15 is 0 Å². The number of pyridine rings is 1. The number of carbonyl (C=O) groups is 1. The number of aliphatic hydroxyl groups is 1. The van der Waals surface area contributed by atoms with E-state index in [1.165, 1.54) is 19.9 Å². The Bertz CT molecular complexity index is 742. The zero-order valence-electron chi connectivity index (χ0n) is 15.3. The maximum atomic E-state index is 10.0. The molecule has 0 aliphatic carbocycles. The second-order valence-corrected chi connectivity index (χ2v) is 4.96. The van der Waals surface area contributed by atoms with Gasteiger partial charge in [-0.2, -0.15) is 0 Å². The van der Waals surface area contributed by atoms with Crippen LogP contribution in [0.4, 0.5) is 0 Å². The second-order valence-electron chi connectivity index (χ2n) is 4.96. The van der Waals surface area contributed by atoms with Gasteiger partial charge < -0.3 is 24.3 Å². The summed E-state index contributed by atoms with van der Waals surface area (Å²) in [6.45, 7) is 2.85. The van der Waals surface area contributed by atoms with E-state index < -0.39 is 0 Å². The molecule has 1 N–H and O–H groups in total. The predicted molar refractivity (Wildman–Crippen MR) is 95.2 cm³/mol. The van der Waals surface area contributed by atoms with E-state index in [1.807, 2.05) is 6.07 Å². The molecule has 0 bridgehead atoms. The Balaban J connectivity index is 0.000000673. The quantitative estimate of drug-likeness (QED) is 0.358. The van der Waals surface area contributed by atoms with Crippen LogP contribution in [0.5, 0.6) is 17.2 Å². The summed E-state index contributed by atoms with van der Waals surface area (Å²) in [6.07, 6.45) is 2.85. The fraction of sp³-hybridized carbons (Fsp3) is 0.263. The van der Waals surface area contributed by atoms with Gasteiger partial charge in [-0.15, -0.1) is 12.1 Å². The third-order valence-electron chi connectivity index (χ3n) is 2.97. The van der Waals surface area contributed by atoms with Crippen molar-refractivity contribution in [2.45, 2.75) is 13.8 Å². The Morgan fingerprint density at radius 3 is 2.23 bits per heavy atom. The number of aliphatic hydroxyl groups excluding tert-OH is 1. The van der Waals surface area contributed by atoms with Crippen LogP contribution in [0.2, 0.25) is 0 Å². The maximum Gasteiger partial charge on any atom is 0.155 e. The van der Waals surface area contributed by atoms with Crippen LogP contribution in [0.3, 0.4) is 0 Å². The van der Waals surface area contributed by atoms with Crippen LogP contribution in [-0.4, -0.2) is 37.2 Å². The van der Waals surface area contributed by atoms with Crippen LogP contribution in [0, 0.1) is 6.07 Å². The van der Waals surface area contributed by atoms with Crippen LogP contribution < -0.4 is 14.2 Å². The summed E-state index contributed by atoms with van der Waals surface area (Å²) < 4.78 is 15.6. The van der Waals surface area contributed by atoms with Gasteiger partial charge >= 0.3 is 0 Å². The molecule has 2 aromatic rings. The maximum absolute atomic E-state index is 10.0. The molecule has 0 saturated heterocycles. The van der Waals surface area contributed by atoms with Gasteiger partial charge in [0.25, 0.3) is 0 Å². The summed E-state index contributed by atoms with van der Waals surface area (Å²) in [4.78, 5) is 14.3. The predicted octanol–water partition coefficient (Wildman–Crippen LogP) is 3.61. The number of rotatable bonds is 5. The molecule has 1 heterocycles. The third-order valence-corrected chi connectivity index (χ3v) is 2.97. The van der Waals surface area contributed by atoms with E-state index in [0.717, 1.165) is 17.0 Å². The van der Waals surface area contributed by atoms with E-state index in [9.17, 15) is 4.79 Å². The minimum absolute atomic E-state index is 0. The number of ketones is 1. The van der Waals surface area contributed by atoms with Crippen molar-refractivity contribution in [1.29, 1.82) is 0 Å². The molecule has 143 valence electrons. The minimum Gasteiger partial charge on any atom is -0.540 e. The molecule has 1 radical (unpaired) electrons. The number of hydrogen-bond acceptors (Lipinski definition) is 6. The summed E-state index contributed by atoms with van der Waals surface area (Å²) in [6, 6.07) is 10.3. The van der Waals surface area contributed by atoms with Crippen LogP contribution >= 0.6 is 0 Å². The summed E-state index contributed by atoms with van der Waals surface area (Å²) in [5.74, 6) is 2.03. The average Bonchev–Trinajstić information content (AvgIpc) is 2.60. The van der Waals surface area contributed by atoms with Gasteiger partial charge in [-0.05, 0) is 31.7 Å². The largest absolute Gasteiger partial charge is 0.540 e. The number of nitrogens with zero attached hydrogens (tertiary/aromatic N) is 1. The fourth-order valence-electron chi connectivity index (χ4n) is 1.91. The number of ether oxygens (including phenoxy) is 3. The normalized spacial score (nSPS) is 9.96. The monoisotopic (exact) mass is 537 g/mol. The molecule has 0 fully saturated rings. The molecule has 0 spiro atoms. The van der Waals surface area contributed by atoms with Gasteiger partial charge in [-0.25, -0.2) is 0 Å². The van der Waals surface area contributed by atoms with E-state index in [-0.39, 0.29) is 31.6 Å². The second kappa shape index (κ2) is 12.1. The van der Waals surface area contributed by atoms with Gasteiger partial charge in [0.15, 0.2) is 5.78 Å². The van der Waals surface area contributed by atoms with Gasteiger partial charge in [0, 0.05) is 43.9 Å². The summed E-state index contributed by atoms with van der Waals surface area (Å²) >= 11 is 0. The topological polar surface area (TPSA) is 77.9 Å². The van der Waals surface area contributed by atoms with E-state index in [0.29, 0.717) is 11.5 Å². The third kappa shape index (κ3) is 7.68. The first kappa shape index (κ1) is 23.6. The standard InChI is InChI=1S/C14H14NO3.C5H8O2.Ir/c1-16-10-4-5-12(14(9-10)18-3)13-8-11(17-2)6-7-15-13;1-4(6)3-5(2)7;/h4,6-9H,1-3H3;3,6H,1-2H3;/q-1;;/b;4-3-;. The molecule has 0 aliphatic rings. The molecule has 0 unspecified atom stereocenters. The minimum atomic E-state index is -0.125. The number of hydrogen-bond donors (Lipinski definition) is 1. The zero-order chi connectivity index (χ0) is 18.8. The molecular formula is C19H22IrNO5-. The molecule has 0 aliphatic heterocycles. The molecular weight excluding hydrogens is 514 g/mol. The van der Waals surface area contributed by atoms with Crippen molar-refractivity contribution in [3.05, 3.63) is 48.4 Å². The van der Waals surface area contributed by atoms with Crippen LogP contribution in [0.15, 0.2) is 42.3 Å². The smallest absolute Gasteiger partial charge is 0.155 e. The Morgan fingerprint density at radius 2 is 1.77 bits per heavy atom. The first-order valence-corrected chi connectivity index (χ1v) is 7.43. The Hall–Kier alpha value is -2.37. The van der Waals surface area contributed by atoms with E-state index in [1.54, 1.807) is 45.7 Å². The van der Waals surface area contributed by atoms with Crippen LogP contribution in [0.25, 0.3) is 11.3 Å². The van der Waals surface area contributed by atoms with Gasteiger partial charge in [-0.1, -0.05) is 11.6 Å². The zero-order valence-corrected chi connectivity index (χ0v) is 17.7. The van der Waals surface area contributed by atoms with Gasteiger partial charge in [0.2, 0.25) is 0 Å². The van der Waals surface area contributed by atoms with Crippen molar-refractivity contribution in [2.24, 2.45) is 0 Å². The van der Waals surface area contributed by atoms with Crippen molar-refractivity contribution in [3.8, 4) is 28.5 Å². The van der Waals surface area contributed by atoms with E-state index in [4.69, 9.17) is 19.3 Å². The van der Waals surface area contributed by atoms with Crippen LogP contribution in [0.1, 0.15) is 13.8 Å². The van der Waals surface area contributed by atoms with Crippen molar-refractivity contribution in [3.63, 3.8) is 0 Å². The molecule has 7 heteroatoms. The Morgan fingerprint density at radius 1 is 1.12 bits per heavy atom. The van der Waals surface area contributed by atoms with Crippen molar-refractivity contribution >= 4 is 5.78 Å². The number of aromatic nitrogens is 1. The molecule has 0 atom stereocenters. The first-order valence-electron chi connectivity index (χ1n) is 7.43. The molecule has 2 rings (SSSR count). The molecule has 1 aromatic carbocycles. The van der Waals surface area contributed by atoms with Gasteiger partial charge in [0.1, 0.15) is 5.75 Å². The average molecular weight is 537 g/mol. The molecule has 0 amide bonds. The van der Waals surface area contributed by atoms with E-state index in [2.05, 4.69) is 11.1 Å². The van der Waals surface area contributed by atoms with Gasteiger partial charge in [-0.3, -0.25) is 4.79 Å². The Labute approximate surface area is 167 Å².